The Morgan fingerprint density at radius 1 is 1.26 bits per heavy atom. The normalized spacial score (nSPS) is 17.2. The molecule has 4 rings (SSSR count). The van der Waals surface area contributed by atoms with Crippen LogP contribution in [0.25, 0.3) is 10.9 Å². The molecule has 0 radical (unpaired) electrons. The number of aromatic amines is 1. The van der Waals surface area contributed by atoms with Crippen LogP contribution in [-0.4, -0.2) is 43.9 Å². The van der Waals surface area contributed by atoms with Crippen molar-refractivity contribution >= 4 is 22.7 Å². The van der Waals surface area contributed by atoms with Gasteiger partial charge in [0.2, 0.25) is 5.95 Å². The summed E-state index contributed by atoms with van der Waals surface area (Å²) in [5.74, 6) is 1.27. The van der Waals surface area contributed by atoms with Crippen LogP contribution in [-0.2, 0) is 7.05 Å². The van der Waals surface area contributed by atoms with E-state index in [0.717, 1.165) is 31.6 Å². The van der Waals surface area contributed by atoms with Gasteiger partial charge in [-0.15, -0.1) is 0 Å². The van der Waals surface area contributed by atoms with Gasteiger partial charge in [-0.2, -0.15) is 5.10 Å². The van der Waals surface area contributed by atoms with Crippen molar-refractivity contribution in [3.63, 3.8) is 0 Å². The van der Waals surface area contributed by atoms with Crippen molar-refractivity contribution in [2.45, 2.75) is 25.3 Å². The van der Waals surface area contributed by atoms with Crippen LogP contribution in [0, 0.1) is 0 Å². The molecule has 0 amide bonds. The van der Waals surface area contributed by atoms with Crippen LogP contribution in [0.1, 0.15) is 19.3 Å². The first-order valence-corrected chi connectivity index (χ1v) is 9.00. The van der Waals surface area contributed by atoms with E-state index in [9.17, 15) is 9.59 Å². The highest BCUT2D eigenvalue weighted by atomic mass is 16.1. The minimum absolute atomic E-state index is 0.104. The molecule has 0 aromatic carbocycles. The summed E-state index contributed by atoms with van der Waals surface area (Å²) in [6, 6.07) is 5.10. The van der Waals surface area contributed by atoms with E-state index in [1.54, 1.807) is 31.6 Å². The smallest absolute Gasteiger partial charge is 0.264 e. The highest BCUT2D eigenvalue weighted by molar-refractivity contribution is 5.77. The first-order chi connectivity index (χ1) is 13.1. The van der Waals surface area contributed by atoms with E-state index >= 15 is 0 Å². The first kappa shape index (κ1) is 17.2. The molecule has 9 heteroatoms. The highest BCUT2D eigenvalue weighted by Crippen LogP contribution is 2.22. The van der Waals surface area contributed by atoms with Gasteiger partial charge in [-0.05, 0) is 31.4 Å². The number of hydrogen-bond donors (Lipinski definition) is 2. The Labute approximate surface area is 155 Å². The van der Waals surface area contributed by atoms with Gasteiger partial charge >= 0.3 is 0 Å². The van der Waals surface area contributed by atoms with Crippen molar-refractivity contribution in [3.8, 4) is 0 Å². The van der Waals surface area contributed by atoms with Crippen molar-refractivity contribution < 1.29 is 0 Å². The Kier molecular flexibility index (Phi) is 4.57. The Hall–Kier alpha value is -3.23. The number of H-pyrrole nitrogens is 1. The largest absolute Gasteiger partial charge is 0.353 e. The Balaban J connectivity index is 1.57. The number of pyridine rings is 1. The van der Waals surface area contributed by atoms with Crippen LogP contribution in [0.2, 0.25) is 0 Å². The van der Waals surface area contributed by atoms with Gasteiger partial charge in [-0.1, -0.05) is 0 Å². The molecule has 1 unspecified atom stereocenters. The standard InChI is InChI=1S/C18H21N7O2/c1-24-17(27)13-7-8-19-11-14(13)21-18(24)20-10-12-4-2-3-9-25(12)15-5-6-16(26)23-22-15/h5-8,11-12H,2-4,9-10H2,1H3,(H,20,21)(H,23,26). The van der Waals surface area contributed by atoms with Gasteiger partial charge in [0.1, 0.15) is 5.82 Å². The van der Waals surface area contributed by atoms with Crippen LogP contribution in [0.3, 0.4) is 0 Å². The summed E-state index contributed by atoms with van der Waals surface area (Å²) in [6.45, 7) is 1.49. The lowest BCUT2D eigenvalue weighted by Gasteiger charge is -2.36. The second-order valence-corrected chi connectivity index (χ2v) is 6.70. The first-order valence-electron chi connectivity index (χ1n) is 9.00. The quantitative estimate of drug-likeness (QED) is 0.705. The topological polar surface area (TPSA) is 109 Å². The molecule has 1 aliphatic heterocycles. The van der Waals surface area contributed by atoms with Crippen molar-refractivity contribution in [2.24, 2.45) is 7.05 Å². The number of piperidine rings is 1. The molecule has 3 aromatic heterocycles. The molecule has 0 saturated carbocycles. The zero-order valence-corrected chi connectivity index (χ0v) is 15.1. The van der Waals surface area contributed by atoms with Gasteiger partial charge in [0.05, 0.1) is 17.1 Å². The molecule has 1 aliphatic rings. The third-order valence-corrected chi connectivity index (χ3v) is 4.96. The fourth-order valence-corrected chi connectivity index (χ4v) is 3.50. The molecule has 140 valence electrons. The molecular formula is C18H21N7O2. The molecule has 27 heavy (non-hydrogen) atoms. The number of nitrogens with zero attached hydrogens (tertiary/aromatic N) is 5. The summed E-state index contributed by atoms with van der Waals surface area (Å²) in [7, 11) is 1.71. The third-order valence-electron chi connectivity index (χ3n) is 4.96. The molecular weight excluding hydrogens is 346 g/mol. The molecule has 4 heterocycles. The van der Waals surface area contributed by atoms with Crippen molar-refractivity contribution in [1.29, 1.82) is 0 Å². The third kappa shape index (κ3) is 3.40. The lowest BCUT2D eigenvalue weighted by molar-refractivity contribution is 0.466. The summed E-state index contributed by atoms with van der Waals surface area (Å²) < 4.78 is 1.52. The molecule has 3 aromatic rings. The van der Waals surface area contributed by atoms with E-state index in [1.165, 1.54) is 10.6 Å². The summed E-state index contributed by atoms with van der Waals surface area (Å²) >= 11 is 0. The van der Waals surface area contributed by atoms with Gasteiger partial charge in [-0.25, -0.2) is 10.1 Å². The molecule has 9 nitrogen and oxygen atoms in total. The van der Waals surface area contributed by atoms with Gasteiger partial charge in [0.25, 0.3) is 11.1 Å². The monoisotopic (exact) mass is 367 g/mol. The van der Waals surface area contributed by atoms with Gasteiger partial charge in [0.15, 0.2) is 0 Å². The molecule has 1 fully saturated rings. The second-order valence-electron chi connectivity index (χ2n) is 6.70. The predicted octanol–water partition coefficient (Wildman–Crippen LogP) is 0.883. The number of hydrogen-bond acceptors (Lipinski definition) is 7. The van der Waals surface area contributed by atoms with Crippen molar-refractivity contribution in [2.75, 3.05) is 23.3 Å². The predicted molar refractivity (Wildman–Crippen MR) is 103 cm³/mol. The zero-order valence-electron chi connectivity index (χ0n) is 15.1. The zero-order chi connectivity index (χ0) is 18.8. The van der Waals surface area contributed by atoms with E-state index in [0.29, 0.717) is 23.4 Å². The van der Waals surface area contributed by atoms with Gasteiger partial charge in [0, 0.05) is 38.4 Å². The number of aromatic nitrogens is 5. The minimum Gasteiger partial charge on any atom is -0.353 e. The van der Waals surface area contributed by atoms with Crippen molar-refractivity contribution in [1.82, 2.24) is 24.7 Å². The molecule has 0 spiro atoms. The second kappa shape index (κ2) is 7.18. The minimum atomic E-state index is -0.214. The van der Waals surface area contributed by atoms with E-state index in [-0.39, 0.29) is 17.2 Å². The molecule has 1 saturated heterocycles. The van der Waals surface area contributed by atoms with Gasteiger partial charge < -0.3 is 10.2 Å². The van der Waals surface area contributed by atoms with Crippen LogP contribution in [0.5, 0.6) is 0 Å². The molecule has 1 atom stereocenters. The number of fused-ring (bicyclic) bond motifs is 1. The fraction of sp³-hybridized carbons (Fsp3) is 0.389. The lowest BCUT2D eigenvalue weighted by Crippen LogP contribution is -2.45. The maximum absolute atomic E-state index is 12.5. The van der Waals surface area contributed by atoms with E-state index < -0.39 is 0 Å². The summed E-state index contributed by atoms with van der Waals surface area (Å²) in [5.41, 5.74) is 0.257. The van der Waals surface area contributed by atoms with Crippen molar-refractivity contribution in [3.05, 3.63) is 51.3 Å². The van der Waals surface area contributed by atoms with Crippen LogP contribution >= 0.6 is 0 Å². The Morgan fingerprint density at radius 3 is 2.96 bits per heavy atom. The lowest BCUT2D eigenvalue weighted by atomic mass is 10.0. The molecule has 0 aliphatic carbocycles. The summed E-state index contributed by atoms with van der Waals surface area (Å²) in [5, 5.41) is 10.5. The average Bonchev–Trinajstić information content (AvgIpc) is 2.70. The maximum atomic E-state index is 12.5. The summed E-state index contributed by atoms with van der Waals surface area (Å²) in [6.07, 6.45) is 6.39. The summed E-state index contributed by atoms with van der Waals surface area (Å²) in [4.78, 5) is 34.6. The maximum Gasteiger partial charge on any atom is 0.264 e. The average molecular weight is 367 g/mol. The van der Waals surface area contributed by atoms with E-state index in [2.05, 4.69) is 30.4 Å². The van der Waals surface area contributed by atoms with Crippen LogP contribution in [0.15, 0.2) is 40.2 Å². The highest BCUT2D eigenvalue weighted by Gasteiger charge is 2.24. The number of anilines is 2. The SMILES string of the molecule is Cn1c(NCC2CCCCN2c2ccc(=O)[nH]n2)nc2cnccc2c1=O. The van der Waals surface area contributed by atoms with Crippen LogP contribution < -0.4 is 21.3 Å². The van der Waals surface area contributed by atoms with Crippen LogP contribution in [0.4, 0.5) is 11.8 Å². The Bertz CT molecular complexity index is 1050. The van der Waals surface area contributed by atoms with E-state index in [1.807, 2.05) is 0 Å². The fourth-order valence-electron chi connectivity index (χ4n) is 3.50. The Morgan fingerprint density at radius 2 is 2.15 bits per heavy atom. The van der Waals surface area contributed by atoms with E-state index in [4.69, 9.17) is 0 Å². The molecule has 0 bridgehead atoms. The number of nitrogens with one attached hydrogen (secondary N) is 2. The number of rotatable bonds is 4. The molecule has 2 N–H and O–H groups in total. The van der Waals surface area contributed by atoms with Gasteiger partial charge in [-0.3, -0.25) is 19.1 Å².